The predicted octanol–water partition coefficient (Wildman–Crippen LogP) is 1.54. The summed E-state index contributed by atoms with van der Waals surface area (Å²) in [6, 6.07) is 0.0660. The highest BCUT2D eigenvalue weighted by Crippen LogP contribution is 2.04. The molecule has 0 spiro atoms. The number of hydrogen-bond acceptors (Lipinski definition) is 4. The number of carbonyl (C=O) groups excluding carboxylic acids is 1. The van der Waals surface area contributed by atoms with Crippen molar-refractivity contribution in [1.29, 1.82) is 0 Å². The van der Waals surface area contributed by atoms with Crippen molar-refractivity contribution >= 4 is 17.2 Å². The van der Waals surface area contributed by atoms with Crippen LogP contribution in [0.3, 0.4) is 0 Å². The summed E-state index contributed by atoms with van der Waals surface area (Å²) in [7, 11) is 0. The first-order valence-electron chi connectivity index (χ1n) is 5.54. The van der Waals surface area contributed by atoms with Gasteiger partial charge in [0.2, 0.25) is 5.91 Å². The molecule has 0 fully saturated rings. The molecule has 0 aliphatic heterocycles. The van der Waals surface area contributed by atoms with Crippen LogP contribution < -0.4 is 10.6 Å². The van der Waals surface area contributed by atoms with E-state index < -0.39 is 0 Å². The van der Waals surface area contributed by atoms with E-state index in [2.05, 4.69) is 22.5 Å². The maximum atomic E-state index is 11.7. The molecule has 16 heavy (non-hydrogen) atoms. The fourth-order valence-corrected chi connectivity index (χ4v) is 1.69. The highest BCUT2D eigenvalue weighted by molar-refractivity contribution is 7.09. The molecule has 1 heterocycles. The van der Waals surface area contributed by atoms with Gasteiger partial charge in [-0.25, -0.2) is 0 Å². The molecule has 0 aliphatic rings. The van der Waals surface area contributed by atoms with E-state index in [0.29, 0.717) is 6.54 Å². The van der Waals surface area contributed by atoms with Crippen LogP contribution in [0.1, 0.15) is 32.1 Å². The van der Waals surface area contributed by atoms with Gasteiger partial charge in [0.25, 0.3) is 0 Å². The Morgan fingerprint density at radius 1 is 1.56 bits per heavy atom. The van der Waals surface area contributed by atoms with E-state index in [1.54, 1.807) is 16.8 Å². The third kappa shape index (κ3) is 4.28. The molecule has 5 heteroatoms. The molecule has 1 aromatic rings. The van der Waals surface area contributed by atoms with Gasteiger partial charge in [0, 0.05) is 23.7 Å². The van der Waals surface area contributed by atoms with Crippen molar-refractivity contribution in [2.24, 2.45) is 0 Å². The average Bonchev–Trinajstić information content (AvgIpc) is 2.78. The third-order valence-electron chi connectivity index (χ3n) is 2.46. The molecule has 4 nitrogen and oxygen atoms in total. The van der Waals surface area contributed by atoms with Gasteiger partial charge in [-0.15, -0.1) is 11.3 Å². The molecule has 2 N–H and O–H groups in total. The number of amides is 1. The number of hydrogen-bond donors (Lipinski definition) is 2. The Kier molecular flexibility index (Phi) is 5.42. The average molecular weight is 241 g/mol. The Morgan fingerprint density at radius 2 is 2.31 bits per heavy atom. The molecule has 0 radical (unpaired) electrons. The van der Waals surface area contributed by atoms with Crippen LogP contribution >= 0.6 is 11.3 Å². The van der Waals surface area contributed by atoms with E-state index in [4.69, 9.17) is 0 Å². The lowest BCUT2D eigenvalue weighted by molar-refractivity contribution is -0.123. The molecule has 1 amide bonds. The Balaban J connectivity index is 2.29. The zero-order valence-corrected chi connectivity index (χ0v) is 10.8. The minimum absolute atomic E-state index is 0.0545. The monoisotopic (exact) mass is 241 g/mol. The lowest BCUT2D eigenvalue weighted by atomic mass is 10.2. The largest absolute Gasteiger partial charge is 0.352 e. The van der Waals surface area contributed by atoms with Crippen molar-refractivity contribution in [3.8, 4) is 0 Å². The summed E-state index contributed by atoms with van der Waals surface area (Å²) in [5, 5.41) is 6.12. The lowest BCUT2D eigenvalue weighted by Gasteiger charge is -2.16. The quantitative estimate of drug-likeness (QED) is 0.794. The van der Waals surface area contributed by atoms with Crippen molar-refractivity contribution in [2.75, 3.05) is 0 Å². The second kappa shape index (κ2) is 6.60. The summed E-state index contributed by atoms with van der Waals surface area (Å²) in [5.41, 5.74) is 1.79. The van der Waals surface area contributed by atoms with Crippen molar-refractivity contribution in [3.63, 3.8) is 0 Å². The van der Waals surface area contributed by atoms with Crippen LogP contribution in [0, 0.1) is 0 Å². The van der Waals surface area contributed by atoms with Crippen LogP contribution in [0.2, 0.25) is 0 Å². The van der Waals surface area contributed by atoms with Gasteiger partial charge in [-0.05, 0) is 20.3 Å². The van der Waals surface area contributed by atoms with Gasteiger partial charge in [-0.3, -0.25) is 9.78 Å². The normalized spacial score (nSPS) is 14.4. The lowest BCUT2D eigenvalue weighted by Crippen LogP contribution is -2.44. The molecule has 90 valence electrons. The summed E-state index contributed by atoms with van der Waals surface area (Å²) in [4.78, 5) is 16.8. The zero-order valence-electron chi connectivity index (χ0n) is 9.99. The van der Waals surface area contributed by atoms with E-state index >= 15 is 0 Å². The second-order valence-corrected chi connectivity index (χ2v) is 4.86. The van der Waals surface area contributed by atoms with Gasteiger partial charge in [-0.1, -0.05) is 6.92 Å². The first kappa shape index (κ1) is 13.1. The fourth-order valence-electron chi connectivity index (χ4n) is 1.15. The topological polar surface area (TPSA) is 54.0 Å². The minimum Gasteiger partial charge on any atom is -0.352 e. The summed E-state index contributed by atoms with van der Waals surface area (Å²) < 4.78 is 0. The summed E-state index contributed by atoms with van der Waals surface area (Å²) in [5.74, 6) is 0.0545. The number of carbonyl (C=O) groups is 1. The predicted molar refractivity (Wildman–Crippen MR) is 66.3 cm³/mol. The van der Waals surface area contributed by atoms with E-state index in [1.807, 2.05) is 20.0 Å². The van der Waals surface area contributed by atoms with Crippen molar-refractivity contribution in [2.45, 2.75) is 45.8 Å². The van der Waals surface area contributed by atoms with Gasteiger partial charge in [0.1, 0.15) is 0 Å². The van der Waals surface area contributed by atoms with E-state index in [0.717, 1.165) is 11.3 Å². The highest BCUT2D eigenvalue weighted by Gasteiger charge is 2.13. The maximum Gasteiger partial charge on any atom is 0.237 e. The van der Waals surface area contributed by atoms with Gasteiger partial charge in [0.05, 0.1) is 11.6 Å². The molecule has 0 aromatic carbocycles. The van der Waals surface area contributed by atoms with Crippen molar-refractivity contribution < 1.29 is 4.79 Å². The molecule has 2 unspecified atom stereocenters. The van der Waals surface area contributed by atoms with Gasteiger partial charge in [0.15, 0.2) is 0 Å². The van der Waals surface area contributed by atoms with Crippen molar-refractivity contribution in [1.82, 2.24) is 15.6 Å². The number of aromatic nitrogens is 1. The standard InChI is InChI=1S/C11H19N3OS/c1-4-8(2)14-11(15)9(3)13-6-10-5-12-7-16-10/h5,7-9,13H,4,6H2,1-3H3,(H,14,15). The van der Waals surface area contributed by atoms with Crippen LogP contribution in [0.4, 0.5) is 0 Å². The van der Waals surface area contributed by atoms with Crippen LogP contribution in [0.15, 0.2) is 11.7 Å². The SMILES string of the molecule is CCC(C)NC(=O)C(C)NCc1cncs1. The van der Waals surface area contributed by atoms with E-state index in [1.165, 1.54) is 0 Å². The third-order valence-corrected chi connectivity index (χ3v) is 3.24. The first-order valence-corrected chi connectivity index (χ1v) is 6.42. The molecule has 0 aliphatic carbocycles. The number of rotatable bonds is 6. The maximum absolute atomic E-state index is 11.7. The number of nitrogens with zero attached hydrogens (tertiary/aromatic N) is 1. The number of thiazole rings is 1. The highest BCUT2D eigenvalue weighted by atomic mass is 32.1. The van der Waals surface area contributed by atoms with E-state index in [9.17, 15) is 4.79 Å². The molecule has 2 atom stereocenters. The van der Waals surface area contributed by atoms with Crippen LogP contribution in [0.5, 0.6) is 0 Å². The Bertz CT molecular complexity index is 313. The molecular weight excluding hydrogens is 222 g/mol. The number of nitrogens with one attached hydrogen (secondary N) is 2. The molecule has 1 aromatic heterocycles. The molecule has 1 rings (SSSR count). The van der Waals surface area contributed by atoms with Crippen molar-refractivity contribution in [3.05, 3.63) is 16.6 Å². The Labute approximate surface area is 100 Å². The summed E-state index contributed by atoms with van der Waals surface area (Å²) >= 11 is 1.59. The zero-order chi connectivity index (χ0) is 12.0. The van der Waals surface area contributed by atoms with E-state index in [-0.39, 0.29) is 18.0 Å². The second-order valence-electron chi connectivity index (χ2n) is 3.89. The first-order chi connectivity index (χ1) is 7.63. The molecule has 0 bridgehead atoms. The van der Waals surface area contributed by atoms with Crippen LogP contribution in [-0.4, -0.2) is 23.0 Å². The van der Waals surface area contributed by atoms with Gasteiger partial charge < -0.3 is 10.6 Å². The van der Waals surface area contributed by atoms with Crippen LogP contribution in [0.25, 0.3) is 0 Å². The fraction of sp³-hybridized carbons (Fsp3) is 0.636. The Morgan fingerprint density at radius 3 is 2.88 bits per heavy atom. The minimum atomic E-state index is -0.170. The molecule has 0 saturated heterocycles. The van der Waals surface area contributed by atoms with Gasteiger partial charge >= 0.3 is 0 Å². The van der Waals surface area contributed by atoms with Crippen LogP contribution in [-0.2, 0) is 11.3 Å². The smallest absolute Gasteiger partial charge is 0.237 e. The molecule has 0 saturated carbocycles. The Hall–Kier alpha value is -0.940. The summed E-state index contributed by atoms with van der Waals surface area (Å²) in [6.45, 7) is 6.63. The summed E-state index contributed by atoms with van der Waals surface area (Å²) in [6.07, 6.45) is 2.77. The molecular formula is C11H19N3OS. The van der Waals surface area contributed by atoms with Gasteiger partial charge in [-0.2, -0.15) is 0 Å².